The standard InChI is InChI=1S/C43H41N3O2/c1-23-15-26(4)37-27(16-23)21-36-39(43(37,7)8)45-41(48-36)28-17-24(2)18-29(20-28)47-35-22-34-33(19-25(35)3)42(5,6)32-13-9-11-30-31-12-10-14-44-40(31)46(34)38(30)32/h9-20,22,36,39H,21H2,1-8H3/t36-,39+/m0/s1. The summed E-state index contributed by atoms with van der Waals surface area (Å²) in [6.45, 7) is 18.0. The van der Waals surface area contributed by atoms with Gasteiger partial charge in [0.05, 0.1) is 11.2 Å². The molecule has 5 heteroatoms. The number of nitrogens with zero attached hydrogens (tertiary/aromatic N) is 3. The second-order valence-corrected chi connectivity index (χ2v) is 15.4. The summed E-state index contributed by atoms with van der Waals surface area (Å²) in [5.41, 5.74) is 14.2. The Kier molecular flexibility index (Phi) is 5.99. The topological polar surface area (TPSA) is 48.6 Å². The van der Waals surface area contributed by atoms with Gasteiger partial charge in [0.1, 0.15) is 29.3 Å². The zero-order valence-electron chi connectivity index (χ0n) is 29.0. The molecule has 0 spiro atoms. The van der Waals surface area contributed by atoms with Gasteiger partial charge in [-0.3, -0.25) is 4.57 Å². The maximum atomic E-state index is 6.79. The van der Waals surface area contributed by atoms with Crippen molar-refractivity contribution >= 4 is 27.8 Å². The lowest BCUT2D eigenvalue weighted by Crippen LogP contribution is -2.46. The minimum Gasteiger partial charge on any atom is -0.471 e. The predicted octanol–water partition coefficient (Wildman–Crippen LogP) is 9.89. The van der Waals surface area contributed by atoms with E-state index in [0.717, 1.165) is 45.9 Å². The lowest BCUT2D eigenvalue weighted by molar-refractivity contribution is 0.147. The van der Waals surface area contributed by atoms with E-state index in [1.54, 1.807) is 0 Å². The molecule has 0 fully saturated rings. The molecule has 2 atom stereocenters. The third kappa shape index (κ3) is 4.03. The van der Waals surface area contributed by atoms with Crippen LogP contribution in [-0.2, 0) is 22.0 Å². The molecule has 1 aliphatic carbocycles. The van der Waals surface area contributed by atoms with E-state index in [9.17, 15) is 0 Å². The highest BCUT2D eigenvalue weighted by Gasteiger charge is 2.48. The summed E-state index contributed by atoms with van der Waals surface area (Å²) in [7, 11) is 0. The van der Waals surface area contributed by atoms with E-state index >= 15 is 0 Å². The maximum Gasteiger partial charge on any atom is 0.217 e. The summed E-state index contributed by atoms with van der Waals surface area (Å²) < 4.78 is 15.8. The molecular formula is C43H41N3O2. The molecule has 9 rings (SSSR count). The van der Waals surface area contributed by atoms with Crippen LogP contribution >= 0.6 is 0 Å². The highest BCUT2D eigenvalue weighted by molar-refractivity contribution is 6.10. The van der Waals surface area contributed by atoms with Crippen molar-refractivity contribution in [2.24, 2.45) is 4.99 Å². The van der Waals surface area contributed by atoms with Crippen LogP contribution in [0.25, 0.3) is 27.6 Å². The third-order valence-corrected chi connectivity index (χ3v) is 11.2. The highest BCUT2D eigenvalue weighted by Crippen LogP contribution is 2.49. The first-order chi connectivity index (χ1) is 22.9. The van der Waals surface area contributed by atoms with Crippen LogP contribution in [0, 0.1) is 27.7 Å². The summed E-state index contributed by atoms with van der Waals surface area (Å²) in [6, 6.07) is 26.4. The van der Waals surface area contributed by atoms with E-state index in [4.69, 9.17) is 19.5 Å². The van der Waals surface area contributed by atoms with Gasteiger partial charge in [0.25, 0.3) is 0 Å². The number of rotatable bonds is 3. The number of aryl methyl sites for hydroxylation is 4. The Hall–Kier alpha value is -4.90. The fourth-order valence-corrected chi connectivity index (χ4v) is 9.18. The van der Waals surface area contributed by atoms with Crippen LogP contribution in [-0.4, -0.2) is 27.6 Å². The van der Waals surface area contributed by atoms with Crippen molar-refractivity contribution in [1.82, 2.24) is 9.55 Å². The van der Waals surface area contributed by atoms with Crippen LogP contribution in [0.1, 0.15) is 77.8 Å². The third-order valence-electron chi connectivity index (χ3n) is 11.2. The van der Waals surface area contributed by atoms with Gasteiger partial charge in [-0.1, -0.05) is 63.6 Å². The largest absolute Gasteiger partial charge is 0.471 e. The van der Waals surface area contributed by atoms with Gasteiger partial charge in [-0.2, -0.15) is 0 Å². The minimum absolute atomic E-state index is 0.0181. The van der Waals surface area contributed by atoms with Gasteiger partial charge in [-0.25, -0.2) is 9.98 Å². The van der Waals surface area contributed by atoms with Gasteiger partial charge in [0, 0.05) is 45.8 Å². The van der Waals surface area contributed by atoms with Crippen molar-refractivity contribution < 1.29 is 9.47 Å². The Morgan fingerprint density at radius 3 is 2.44 bits per heavy atom. The zero-order chi connectivity index (χ0) is 33.3. The molecular weight excluding hydrogens is 590 g/mol. The van der Waals surface area contributed by atoms with E-state index in [-0.39, 0.29) is 23.0 Å². The van der Waals surface area contributed by atoms with Gasteiger partial charge >= 0.3 is 0 Å². The number of hydrogen-bond acceptors (Lipinski definition) is 4. The second kappa shape index (κ2) is 9.82. The highest BCUT2D eigenvalue weighted by atomic mass is 16.5. The first kappa shape index (κ1) is 29.3. The SMILES string of the molecule is Cc1cc(Oc2cc3c(cc2C)C(C)(C)c2cccc4c5cccnc5n-3c24)cc(C2=N[C@@H]3[C@H](Cc4cc(C)cc(C)c4C3(C)C)O2)c1. The molecule has 4 aromatic carbocycles. The molecule has 0 unspecified atom stereocenters. The average molecular weight is 632 g/mol. The molecule has 48 heavy (non-hydrogen) atoms. The summed E-state index contributed by atoms with van der Waals surface area (Å²) >= 11 is 0. The van der Waals surface area contributed by atoms with Crippen molar-refractivity contribution in [2.75, 3.05) is 0 Å². The summed E-state index contributed by atoms with van der Waals surface area (Å²) in [4.78, 5) is 10.1. The zero-order valence-corrected chi connectivity index (χ0v) is 29.0. The predicted molar refractivity (Wildman–Crippen MR) is 195 cm³/mol. The van der Waals surface area contributed by atoms with Gasteiger partial charge in [-0.15, -0.1) is 0 Å². The Labute approximate surface area is 282 Å². The van der Waals surface area contributed by atoms with Gasteiger partial charge in [0.15, 0.2) is 0 Å². The van der Waals surface area contributed by atoms with Crippen LogP contribution in [0.5, 0.6) is 11.5 Å². The monoisotopic (exact) mass is 631 g/mol. The summed E-state index contributed by atoms with van der Waals surface area (Å²) in [5.74, 6) is 2.32. The molecule has 5 nitrogen and oxygen atoms in total. The van der Waals surface area contributed by atoms with E-state index in [0.29, 0.717) is 5.90 Å². The molecule has 0 bridgehead atoms. The fraction of sp³-hybridized carbons (Fsp3) is 0.302. The summed E-state index contributed by atoms with van der Waals surface area (Å²) in [5, 5.41) is 2.40. The quantitative estimate of drug-likeness (QED) is 0.195. The van der Waals surface area contributed by atoms with Crippen LogP contribution in [0.4, 0.5) is 0 Å². The Balaban J connectivity index is 1.11. The molecule has 0 saturated carbocycles. The normalized spacial score (nSPS) is 19.8. The first-order valence-corrected chi connectivity index (χ1v) is 17.1. The molecule has 0 radical (unpaired) electrons. The number of aromatic nitrogens is 2. The number of fused-ring (bicyclic) bond motifs is 7. The van der Waals surface area contributed by atoms with E-state index < -0.39 is 0 Å². The number of para-hydroxylation sites is 1. The smallest absolute Gasteiger partial charge is 0.217 e. The average Bonchev–Trinajstić information content (AvgIpc) is 3.61. The Morgan fingerprint density at radius 2 is 1.60 bits per heavy atom. The van der Waals surface area contributed by atoms with Crippen molar-refractivity contribution in [3.8, 4) is 17.2 Å². The molecule has 3 aliphatic rings. The molecule has 4 heterocycles. The Bertz CT molecular complexity index is 2390. The van der Waals surface area contributed by atoms with Crippen molar-refractivity contribution in [3.05, 3.63) is 129 Å². The lowest BCUT2D eigenvalue weighted by Gasteiger charge is -2.40. The molecule has 2 aromatic heterocycles. The number of ether oxygens (including phenoxy) is 2. The van der Waals surface area contributed by atoms with Crippen molar-refractivity contribution in [3.63, 3.8) is 0 Å². The maximum absolute atomic E-state index is 6.79. The van der Waals surface area contributed by atoms with Crippen LogP contribution in [0.2, 0.25) is 0 Å². The number of benzene rings is 4. The number of hydrogen-bond donors (Lipinski definition) is 0. The molecule has 0 N–H and O–H groups in total. The van der Waals surface area contributed by atoms with Crippen molar-refractivity contribution in [2.45, 2.75) is 84.8 Å². The molecule has 240 valence electrons. The molecule has 6 aromatic rings. The van der Waals surface area contributed by atoms with E-state index in [1.807, 2.05) is 12.3 Å². The van der Waals surface area contributed by atoms with Crippen LogP contribution in [0.15, 0.2) is 84.0 Å². The Morgan fingerprint density at radius 1 is 0.812 bits per heavy atom. The van der Waals surface area contributed by atoms with E-state index in [2.05, 4.69) is 127 Å². The second-order valence-electron chi connectivity index (χ2n) is 15.4. The van der Waals surface area contributed by atoms with Gasteiger partial charge in [-0.05, 0) is 103 Å². The molecule has 0 amide bonds. The fourth-order valence-electron chi connectivity index (χ4n) is 9.18. The lowest BCUT2D eigenvalue weighted by atomic mass is 9.66. The first-order valence-electron chi connectivity index (χ1n) is 17.1. The van der Waals surface area contributed by atoms with E-state index in [1.165, 1.54) is 49.7 Å². The van der Waals surface area contributed by atoms with Crippen LogP contribution in [0.3, 0.4) is 0 Å². The summed E-state index contributed by atoms with van der Waals surface area (Å²) in [6.07, 6.45) is 2.78. The number of pyridine rings is 1. The number of aliphatic imine (C=N–C) groups is 1. The molecule has 0 saturated heterocycles. The van der Waals surface area contributed by atoms with Gasteiger partial charge < -0.3 is 9.47 Å². The van der Waals surface area contributed by atoms with Crippen LogP contribution < -0.4 is 4.74 Å². The van der Waals surface area contributed by atoms with Gasteiger partial charge in [0.2, 0.25) is 5.90 Å². The van der Waals surface area contributed by atoms with Crippen molar-refractivity contribution in [1.29, 1.82) is 0 Å². The minimum atomic E-state index is -0.182. The molecule has 2 aliphatic heterocycles.